The average Bonchev–Trinajstić information content (AvgIpc) is 3.42. The van der Waals surface area contributed by atoms with Crippen LogP contribution < -0.4 is 33.2 Å². The van der Waals surface area contributed by atoms with Crippen LogP contribution in [0.3, 0.4) is 0 Å². The Hall–Kier alpha value is -4.99. The van der Waals surface area contributed by atoms with E-state index < -0.39 is 5.97 Å². The van der Waals surface area contributed by atoms with Crippen molar-refractivity contribution in [3.63, 3.8) is 0 Å². The topological polar surface area (TPSA) is 95.8 Å². The van der Waals surface area contributed by atoms with E-state index in [1.54, 1.807) is 34.5 Å². The minimum absolute atomic E-state index is 0.0448. The molecule has 1 aliphatic heterocycles. The molecule has 0 N–H and O–H groups in total. The van der Waals surface area contributed by atoms with Crippen molar-refractivity contribution < 1.29 is 42.7 Å². The van der Waals surface area contributed by atoms with Gasteiger partial charge in [-0.25, -0.2) is 4.79 Å². The van der Waals surface area contributed by atoms with E-state index in [2.05, 4.69) is 0 Å². The molecule has 5 rings (SSSR count). The molecule has 0 spiro atoms. The second-order valence-electron chi connectivity index (χ2n) is 12.6. The van der Waals surface area contributed by atoms with Crippen LogP contribution in [0.5, 0.6) is 40.2 Å². The molecule has 0 atom stereocenters. The lowest BCUT2D eigenvalue weighted by atomic mass is 9.89. The first-order chi connectivity index (χ1) is 23.4. The molecule has 0 bridgehead atoms. The number of nitrogens with zero attached hydrogens (tertiary/aromatic N) is 1. The van der Waals surface area contributed by atoms with Crippen LogP contribution >= 0.6 is 0 Å². The maximum absolute atomic E-state index is 14.0. The van der Waals surface area contributed by atoms with E-state index in [1.165, 1.54) is 7.11 Å². The van der Waals surface area contributed by atoms with Gasteiger partial charge in [-0.05, 0) is 89.4 Å². The number of aromatic nitrogens is 1. The molecule has 10 nitrogen and oxygen atoms in total. The molecule has 0 aliphatic carbocycles. The Morgan fingerprint density at radius 3 is 1.67 bits per heavy atom. The van der Waals surface area contributed by atoms with Gasteiger partial charge in [0.25, 0.3) is 0 Å². The Morgan fingerprint density at radius 2 is 1.12 bits per heavy atom. The minimum Gasteiger partial charge on any atom is -0.496 e. The van der Waals surface area contributed by atoms with Crippen molar-refractivity contribution in [1.29, 1.82) is 0 Å². The summed E-state index contributed by atoms with van der Waals surface area (Å²) in [5.41, 5.74) is 5.95. The van der Waals surface area contributed by atoms with Crippen molar-refractivity contribution in [3.05, 3.63) is 53.7 Å². The van der Waals surface area contributed by atoms with Crippen molar-refractivity contribution in [3.8, 4) is 73.8 Å². The Morgan fingerprint density at radius 1 is 0.592 bits per heavy atom. The summed E-state index contributed by atoms with van der Waals surface area (Å²) < 4.78 is 49.3. The molecule has 0 amide bonds. The summed E-state index contributed by atoms with van der Waals surface area (Å²) >= 11 is 0. The standard InChI is InChI=1S/C39H47NO9/c1-21(2)47-28-13-12-25(17-30(28)43-8)35-36(27-19-32(45-10)34(49-23(5)6)20-29(27)42-7)38(39(41)46-11)40-15-14-24-16-33(48-22(3)4)31(44-9)18-26(24)37(35)40/h12-13,16-23H,14-15H2,1-11H3. The van der Waals surface area contributed by atoms with E-state index in [4.69, 9.17) is 37.9 Å². The van der Waals surface area contributed by atoms with Gasteiger partial charge in [0.05, 0.1) is 59.6 Å². The van der Waals surface area contributed by atoms with Gasteiger partial charge in [-0.1, -0.05) is 6.07 Å². The number of hydrogen-bond donors (Lipinski definition) is 0. The van der Waals surface area contributed by atoms with E-state index in [-0.39, 0.29) is 18.3 Å². The van der Waals surface area contributed by atoms with Crippen LogP contribution in [0.2, 0.25) is 0 Å². The van der Waals surface area contributed by atoms with Gasteiger partial charge in [-0.3, -0.25) is 0 Å². The first-order valence-electron chi connectivity index (χ1n) is 16.5. The van der Waals surface area contributed by atoms with Gasteiger partial charge >= 0.3 is 5.97 Å². The van der Waals surface area contributed by atoms with Gasteiger partial charge in [-0.2, -0.15) is 0 Å². The summed E-state index contributed by atoms with van der Waals surface area (Å²) in [6.07, 6.45) is 0.428. The van der Waals surface area contributed by atoms with Gasteiger partial charge < -0.3 is 42.5 Å². The molecule has 0 unspecified atom stereocenters. The van der Waals surface area contributed by atoms with Crippen LogP contribution in [-0.2, 0) is 17.7 Å². The molecular weight excluding hydrogens is 626 g/mol. The monoisotopic (exact) mass is 673 g/mol. The molecule has 10 heteroatoms. The second kappa shape index (κ2) is 14.6. The number of ether oxygens (including phenoxy) is 8. The van der Waals surface area contributed by atoms with E-state index in [1.807, 2.05) is 82.5 Å². The zero-order valence-corrected chi connectivity index (χ0v) is 30.3. The van der Waals surface area contributed by atoms with E-state index in [9.17, 15) is 4.79 Å². The molecular formula is C39H47NO9. The lowest BCUT2D eigenvalue weighted by Crippen LogP contribution is -2.18. The van der Waals surface area contributed by atoms with E-state index in [0.29, 0.717) is 70.0 Å². The minimum atomic E-state index is -0.493. The van der Waals surface area contributed by atoms with Gasteiger partial charge in [-0.15, -0.1) is 0 Å². The van der Waals surface area contributed by atoms with Crippen LogP contribution in [0, 0.1) is 0 Å². The lowest BCUT2D eigenvalue weighted by Gasteiger charge is -2.24. The summed E-state index contributed by atoms with van der Waals surface area (Å²) in [6.45, 7) is 12.3. The number of aryl methyl sites for hydroxylation is 1. The molecule has 49 heavy (non-hydrogen) atoms. The van der Waals surface area contributed by atoms with Crippen LogP contribution in [-0.4, -0.2) is 64.4 Å². The summed E-state index contributed by atoms with van der Waals surface area (Å²) in [6, 6.07) is 13.5. The smallest absolute Gasteiger partial charge is 0.355 e. The second-order valence-corrected chi connectivity index (χ2v) is 12.6. The average molecular weight is 674 g/mol. The van der Waals surface area contributed by atoms with E-state index in [0.717, 1.165) is 27.9 Å². The normalized spacial score (nSPS) is 12.0. The number of benzene rings is 3. The zero-order valence-electron chi connectivity index (χ0n) is 30.3. The van der Waals surface area contributed by atoms with Crippen LogP contribution in [0.1, 0.15) is 57.6 Å². The third-order valence-electron chi connectivity index (χ3n) is 8.19. The zero-order chi connectivity index (χ0) is 35.6. The molecule has 1 aromatic heterocycles. The highest BCUT2D eigenvalue weighted by Gasteiger charge is 2.36. The highest BCUT2D eigenvalue weighted by Crippen LogP contribution is 2.53. The molecule has 0 fully saturated rings. The SMILES string of the molecule is COC(=O)c1c(-c2cc(OC)c(OC(C)C)cc2OC)c(-c2ccc(OC(C)C)c(OC)c2)c2n1CCc1cc(OC(C)C)c(OC)cc1-2. The van der Waals surface area contributed by atoms with Crippen LogP contribution in [0.4, 0.5) is 0 Å². The Bertz CT molecular complexity index is 1840. The van der Waals surface area contributed by atoms with Crippen molar-refractivity contribution in [2.24, 2.45) is 0 Å². The maximum Gasteiger partial charge on any atom is 0.355 e. The molecule has 0 radical (unpaired) electrons. The van der Waals surface area contributed by atoms with Gasteiger partial charge in [0.2, 0.25) is 0 Å². The molecule has 0 saturated heterocycles. The first kappa shape index (κ1) is 35.3. The number of fused-ring (bicyclic) bond motifs is 3. The summed E-state index contributed by atoms with van der Waals surface area (Å²) in [5.74, 6) is 3.42. The highest BCUT2D eigenvalue weighted by molar-refractivity contribution is 6.08. The number of rotatable bonds is 13. The maximum atomic E-state index is 14.0. The van der Waals surface area contributed by atoms with Crippen molar-refractivity contribution in [1.82, 2.24) is 4.57 Å². The van der Waals surface area contributed by atoms with Crippen molar-refractivity contribution in [2.75, 3.05) is 35.5 Å². The molecule has 2 heterocycles. The van der Waals surface area contributed by atoms with Crippen LogP contribution in [0.15, 0.2) is 42.5 Å². The Kier molecular flexibility index (Phi) is 10.6. The Balaban J connectivity index is 1.95. The predicted octanol–water partition coefficient (Wildman–Crippen LogP) is 8.23. The highest BCUT2D eigenvalue weighted by atomic mass is 16.5. The summed E-state index contributed by atoms with van der Waals surface area (Å²) in [4.78, 5) is 14.0. The fourth-order valence-electron chi connectivity index (χ4n) is 6.33. The lowest BCUT2D eigenvalue weighted by molar-refractivity contribution is 0.0589. The fraction of sp³-hybridized carbons (Fsp3) is 0.410. The quantitative estimate of drug-likeness (QED) is 0.130. The number of carbonyl (C=O) groups excluding carboxylic acids is 1. The third-order valence-corrected chi connectivity index (χ3v) is 8.19. The van der Waals surface area contributed by atoms with Crippen molar-refractivity contribution >= 4 is 5.97 Å². The molecule has 262 valence electrons. The number of methoxy groups -OCH3 is 5. The van der Waals surface area contributed by atoms with Gasteiger partial charge in [0, 0.05) is 34.9 Å². The fourth-order valence-corrected chi connectivity index (χ4v) is 6.33. The molecule has 1 aliphatic rings. The number of esters is 1. The van der Waals surface area contributed by atoms with Gasteiger partial charge in [0.15, 0.2) is 34.5 Å². The van der Waals surface area contributed by atoms with Gasteiger partial charge in [0.1, 0.15) is 11.4 Å². The third kappa shape index (κ3) is 6.82. The molecule has 0 saturated carbocycles. The number of carbonyl (C=O) groups is 1. The van der Waals surface area contributed by atoms with Crippen molar-refractivity contribution in [2.45, 2.75) is 72.8 Å². The summed E-state index contributed by atoms with van der Waals surface area (Å²) in [5, 5.41) is 0. The Labute approximate surface area is 288 Å². The van der Waals surface area contributed by atoms with Crippen LogP contribution in [0.25, 0.3) is 33.5 Å². The summed E-state index contributed by atoms with van der Waals surface area (Å²) in [7, 11) is 7.80. The largest absolute Gasteiger partial charge is 0.496 e. The van der Waals surface area contributed by atoms with E-state index >= 15 is 0 Å². The first-order valence-corrected chi connectivity index (χ1v) is 16.5. The predicted molar refractivity (Wildman–Crippen MR) is 189 cm³/mol. The number of hydrogen-bond acceptors (Lipinski definition) is 9. The molecule has 4 aromatic rings. The molecule has 3 aromatic carbocycles.